The molecule has 0 aliphatic carbocycles. The Morgan fingerprint density at radius 2 is 1.88 bits per heavy atom. The third-order valence-electron chi connectivity index (χ3n) is 2.98. The molecule has 0 aromatic carbocycles. The number of rotatable bonds is 5. The molecule has 1 rings (SSSR count). The van der Waals surface area contributed by atoms with E-state index in [-0.39, 0.29) is 17.8 Å². The molecule has 0 aromatic rings. The maximum Gasteiger partial charge on any atom is 0.224 e. The van der Waals surface area contributed by atoms with Crippen LogP contribution in [0.1, 0.15) is 39.5 Å². The van der Waals surface area contributed by atoms with Crippen LogP contribution in [0.5, 0.6) is 0 Å². The van der Waals surface area contributed by atoms with E-state index in [1.165, 1.54) is 6.42 Å². The Morgan fingerprint density at radius 1 is 1.31 bits per heavy atom. The molecule has 1 fully saturated rings. The number of nitrogens with one attached hydrogen (secondary N) is 1. The van der Waals surface area contributed by atoms with Crippen LogP contribution in [0.2, 0.25) is 0 Å². The molecular formula is C10H21ClN2O2S. The third-order valence-corrected chi connectivity index (χ3v) is 4.57. The van der Waals surface area contributed by atoms with Crippen LogP contribution in [0.3, 0.4) is 0 Å². The fourth-order valence-corrected chi connectivity index (χ4v) is 3.64. The van der Waals surface area contributed by atoms with Crippen LogP contribution in [0.4, 0.5) is 0 Å². The second-order valence-electron chi connectivity index (χ2n) is 4.49. The topological polar surface area (TPSA) is 49.4 Å². The zero-order valence-corrected chi connectivity index (χ0v) is 11.5. The summed E-state index contributed by atoms with van der Waals surface area (Å²) in [6, 6.07) is 0.545. The number of hydrogen-bond acceptors (Lipinski definition) is 3. The zero-order valence-electron chi connectivity index (χ0n) is 9.95. The monoisotopic (exact) mass is 268 g/mol. The molecule has 0 amide bonds. The predicted octanol–water partition coefficient (Wildman–Crippen LogP) is 1.71. The van der Waals surface area contributed by atoms with Crippen molar-refractivity contribution >= 4 is 21.6 Å². The number of nitrogens with zero attached hydrogens (tertiary/aromatic N) is 1. The van der Waals surface area contributed by atoms with Gasteiger partial charge < -0.3 is 0 Å². The van der Waals surface area contributed by atoms with E-state index in [2.05, 4.69) is 18.7 Å². The van der Waals surface area contributed by atoms with Gasteiger partial charge in [0.05, 0.1) is 5.75 Å². The molecule has 96 valence electrons. The Balaban J connectivity index is 2.56. The van der Waals surface area contributed by atoms with Gasteiger partial charge in [0, 0.05) is 18.0 Å². The van der Waals surface area contributed by atoms with E-state index in [9.17, 15) is 8.42 Å². The van der Waals surface area contributed by atoms with E-state index in [0.29, 0.717) is 12.3 Å². The van der Waals surface area contributed by atoms with Crippen LogP contribution in [-0.4, -0.2) is 37.1 Å². The fraction of sp³-hybridized carbons (Fsp3) is 1.00. The Hall–Kier alpha value is 0.160. The smallest absolute Gasteiger partial charge is 0.224 e. The van der Waals surface area contributed by atoms with Gasteiger partial charge in [-0.15, -0.1) is 16.4 Å². The lowest BCUT2D eigenvalue weighted by atomic mass is 10.0. The van der Waals surface area contributed by atoms with Gasteiger partial charge in [-0.2, -0.15) is 0 Å². The molecule has 1 aliphatic heterocycles. The van der Waals surface area contributed by atoms with Crippen molar-refractivity contribution in [2.24, 2.45) is 0 Å². The van der Waals surface area contributed by atoms with Crippen LogP contribution < -0.4 is 4.83 Å². The number of piperidine rings is 1. The minimum Gasteiger partial charge on any atom is -0.225 e. The fourth-order valence-electron chi connectivity index (χ4n) is 2.05. The van der Waals surface area contributed by atoms with Crippen molar-refractivity contribution in [3.63, 3.8) is 0 Å². The quantitative estimate of drug-likeness (QED) is 0.773. The lowest BCUT2D eigenvalue weighted by Crippen LogP contribution is -2.54. The van der Waals surface area contributed by atoms with Crippen molar-refractivity contribution in [2.45, 2.75) is 51.6 Å². The van der Waals surface area contributed by atoms with Crippen LogP contribution >= 0.6 is 11.6 Å². The van der Waals surface area contributed by atoms with Gasteiger partial charge in [0.25, 0.3) is 0 Å². The predicted molar refractivity (Wildman–Crippen MR) is 66.9 cm³/mol. The normalized spacial score (nSPS) is 28.2. The lowest BCUT2D eigenvalue weighted by molar-refractivity contribution is 0.0790. The van der Waals surface area contributed by atoms with Gasteiger partial charge in [-0.25, -0.2) is 13.4 Å². The average molecular weight is 269 g/mol. The average Bonchev–Trinajstić information content (AvgIpc) is 2.21. The van der Waals surface area contributed by atoms with Gasteiger partial charge in [-0.3, -0.25) is 0 Å². The first kappa shape index (κ1) is 14.2. The minimum atomic E-state index is -3.22. The molecule has 0 radical (unpaired) electrons. The van der Waals surface area contributed by atoms with Crippen LogP contribution in [0.15, 0.2) is 0 Å². The van der Waals surface area contributed by atoms with Crippen molar-refractivity contribution in [3.05, 3.63) is 0 Å². The molecule has 1 N–H and O–H groups in total. The first-order valence-electron chi connectivity index (χ1n) is 5.80. The highest BCUT2D eigenvalue weighted by Crippen LogP contribution is 2.20. The molecule has 2 unspecified atom stereocenters. The second kappa shape index (κ2) is 6.19. The molecule has 0 aromatic heterocycles. The number of halogens is 1. The largest absolute Gasteiger partial charge is 0.225 e. The summed E-state index contributed by atoms with van der Waals surface area (Å²) in [5, 5.41) is 1.87. The molecule has 1 saturated heterocycles. The highest BCUT2D eigenvalue weighted by molar-refractivity contribution is 7.89. The summed E-state index contributed by atoms with van der Waals surface area (Å²) < 4.78 is 23.5. The molecule has 1 heterocycles. The highest BCUT2D eigenvalue weighted by Gasteiger charge is 2.27. The maximum atomic E-state index is 11.7. The Kier molecular flexibility index (Phi) is 5.50. The van der Waals surface area contributed by atoms with Crippen molar-refractivity contribution in [3.8, 4) is 0 Å². The molecule has 0 bridgehead atoms. The van der Waals surface area contributed by atoms with Crippen molar-refractivity contribution in [1.29, 1.82) is 0 Å². The summed E-state index contributed by atoms with van der Waals surface area (Å²) in [6.45, 7) is 4.11. The van der Waals surface area contributed by atoms with Gasteiger partial charge in [-0.05, 0) is 33.1 Å². The third kappa shape index (κ3) is 4.20. The lowest BCUT2D eigenvalue weighted by Gasteiger charge is -2.38. The van der Waals surface area contributed by atoms with Gasteiger partial charge in [0.15, 0.2) is 0 Å². The van der Waals surface area contributed by atoms with Gasteiger partial charge in [0.1, 0.15) is 0 Å². The summed E-state index contributed by atoms with van der Waals surface area (Å²) in [6.07, 6.45) is 3.75. The van der Waals surface area contributed by atoms with Gasteiger partial charge in [0.2, 0.25) is 10.0 Å². The molecule has 0 saturated carbocycles. The van der Waals surface area contributed by atoms with Gasteiger partial charge >= 0.3 is 0 Å². The number of hydrogen-bond donors (Lipinski definition) is 1. The Bertz CT molecular complexity index is 298. The molecule has 4 nitrogen and oxygen atoms in total. The molecular weight excluding hydrogens is 248 g/mol. The molecule has 2 atom stereocenters. The van der Waals surface area contributed by atoms with Crippen LogP contribution in [0, 0.1) is 0 Å². The van der Waals surface area contributed by atoms with E-state index in [1.54, 1.807) is 0 Å². The highest BCUT2D eigenvalue weighted by atomic mass is 35.5. The van der Waals surface area contributed by atoms with Crippen molar-refractivity contribution < 1.29 is 8.42 Å². The van der Waals surface area contributed by atoms with Crippen LogP contribution in [0.25, 0.3) is 0 Å². The van der Waals surface area contributed by atoms with E-state index < -0.39 is 10.0 Å². The number of hydrazine groups is 1. The first-order valence-corrected chi connectivity index (χ1v) is 7.99. The van der Waals surface area contributed by atoms with E-state index >= 15 is 0 Å². The molecule has 0 spiro atoms. The number of sulfonamides is 1. The maximum absolute atomic E-state index is 11.7. The van der Waals surface area contributed by atoms with Crippen LogP contribution in [-0.2, 0) is 10.0 Å². The summed E-state index contributed by atoms with van der Waals surface area (Å²) in [5.74, 6) is 0.485. The minimum absolute atomic E-state index is 0.104. The summed E-state index contributed by atoms with van der Waals surface area (Å²) in [4.78, 5) is 2.68. The SMILES string of the molecule is CC1CCCC(C)N1NS(=O)(=O)CCCCl. The summed E-state index contributed by atoms with van der Waals surface area (Å²) >= 11 is 5.50. The Morgan fingerprint density at radius 3 is 2.38 bits per heavy atom. The molecule has 1 aliphatic rings. The Labute approximate surface area is 103 Å². The second-order valence-corrected chi connectivity index (χ2v) is 6.69. The van der Waals surface area contributed by atoms with Crippen molar-refractivity contribution in [1.82, 2.24) is 9.84 Å². The molecule has 16 heavy (non-hydrogen) atoms. The summed E-state index contributed by atoms with van der Waals surface area (Å²) in [7, 11) is -3.22. The van der Waals surface area contributed by atoms with E-state index in [1.807, 2.05) is 5.01 Å². The number of alkyl halides is 1. The molecule has 6 heteroatoms. The van der Waals surface area contributed by atoms with Crippen molar-refractivity contribution in [2.75, 3.05) is 11.6 Å². The van der Waals surface area contributed by atoms with Gasteiger partial charge in [-0.1, -0.05) is 6.42 Å². The van der Waals surface area contributed by atoms with E-state index in [4.69, 9.17) is 11.6 Å². The van der Waals surface area contributed by atoms with E-state index in [0.717, 1.165) is 12.8 Å². The zero-order chi connectivity index (χ0) is 12.2. The standard InChI is InChI=1S/C10H21ClN2O2S/c1-9-5-3-6-10(2)13(9)12-16(14,15)8-4-7-11/h9-10,12H,3-8H2,1-2H3. The first-order chi connectivity index (χ1) is 7.46. The summed E-state index contributed by atoms with van der Waals surface area (Å²) in [5.41, 5.74) is 0.